The van der Waals surface area contributed by atoms with Crippen LogP contribution in [0.3, 0.4) is 0 Å². The molecular formula is C8H15NO3. The predicted molar refractivity (Wildman–Crippen MR) is 45.4 cm³/mol. The summed E-state index contributed by atoms with van der Waals surface area (Å²) in [7, 11) is 0. The predicted octanol–water partition coefficient (Wildman–Crippen LogP) is 0.427. The molecule has 4 heteroatoms. The van der Waals surface area contributed by atoms with Gasteiger partial charge in [0, 0.05) is 12.2 Å². The standard InChI is InChI=1S/C8H15NO3/c1-4-11-7(5-9)12-8(10)6(2)3/h7H,2,4-5,9H2,1,3H3. The number of esters is 1. The van der Waals surface area contributed by atoms with E-state index in [4.69, 9.17) is 15.2 Å². The van der Waals surface area contributed by atoms with Crippen molar-refractivity contribution in [2.75, 3.05) is 13.2 Å². The van der Waals surface area contributed by atoms with Crippen molar-refractivity contribution in [1.29, 1.82) is 0 Å². The van der Waals surface area contributed by atoms with E-state index < -0.39 is 12.3 Å². The first kappa shape index (κ1) is 11.1. The van der Waals surface area contributed by atoms with E-state index in [1.807, 2.05) is 0 Å². The van der Waals surface area contributed by atoms with E-state index in [1.165, 1.54) is 0 Å². The van der Waals surface area contributed by atoms with Gasteiger partial charge in [0.05, 0.1) is 6.54 Å². The Bertz CT molecular complexity index is 168. The van der Waals surface area contributed by atoms with Gasteiger partial charge < -0.3 is 15.2 Å². The van der Waals surface area contributed by atoms with E-state index in [0.29, 0.717) is 12.2 Å². The molecular weight excluding hydrogens is 158 g/mol. The van der Waals surface area contributed by atoms with Crippen LogP contribution in [0.1, 0.15) is 13.8 Å². The molecule has 0 saturated carbocycles. The van der Waals surface area contributed by atoms with Crippen LogP contribution in [0.25, 0.3) is 0 Å². The van der Waals surface area contributed by atoms with Crippen molar-refractivity contribution in [3.05, 3.63) is 12.2 Å². The second kappa shape index (κ2) is 5.74. The third-order valence-corrected chi connectivity index (χ3v) is 1.13. The van der Waals surface area contributed by atoms with Crippen LogP contribution in [-0.4, -0.2) is 25.4 Å². The van der Waals surface area contributed by atoms with Crippen LogP contribution in [-0.2, 0) is 14.3 Å². The molecule has 0 heterocycles. The van der Waals surface area contributed by atoms with Crippen LogP contribution < -0.4 is 5.73 Å². The highest BCUT2D eigenvalue weighted by molar-refractivity contribution is 5.87. The van der Waals surface area contributed by atoms with Gasteiger partial charge in [-0.25, -0.2) is 4.79 Å². The number of rotatable bonds is 5. The maximum Gasteiger partial charge on any atom is 0.335 e. The van der Waals surface area contributed by atoms with Gasteiger partial charge >= 0.3 is 5.97 Å². The summed E-state index contributed by atoms with van der Waals surface area (Å²) in [5.74, 6) is -0.473. The summed E-state index contributed by atoms with van der Waals surface area (Å²) in [4.78, 5) is 10.9. The van der Waals surface area contributed by atoms with Gasteiger partial charge in [-0.1, -0.05) is 6.58 Å². The second-order valence-electron chi connectivity index (χ2n) is 2.31. The summed E-state index contributed by atoms with van der Waals surface area (Å²) in [5.41, 5.74) is 5.62. The molecule has 4 nitrogen and oxygen atoms in total. The normalized spacial score (nSPS) is 12.2. The lowest BCUT2D eigenvalue weighted by Gasteiger charge is -2.15. The van der Waals surface area contributed by atoms with E-state index in [0.717, 1.165) is 0 Å². The lowest BCUT2D eigenvalue weighted by atomic mass is 10.4. The SMILES string of the molecule is C=C(C)C(=O)OC(CN)OCC. The van der Waals surface area contributed by atoms with Gasteiger partial charge in [-0.2, -0.15) is 0 Å². The van der Waals surface area contributed by atoms with Gasteiger partial charge in [0.1, 0.15) is 0 Å². The van der Waals surface area contributed by atoms with Crippen molar-refractivity contribution >= 4 is 5.97 Å². The van der Waals surface area contributed by atoms with Crippen molar-refractivity contribution in [3.8, 4) is 0 Å². The first-order valence-corrected chi connectivity index (χ1v) is 3.80. The van der Waals surface area contributed by atoms with Gasteiger partial charge in [-0.05, 0) is 13.8 Å². The van der Waals surface area contributed by atoms with E-state index in [2.05, 4.69) is 6.58 Å². The molecule has 0 aromatic carbocycles. The number of carbonyl (C=O) groups excluding carboxylic acids is 1. The minimum Gasteiger partial charge on any atom is -0.431 e. The molecule has 1 unspecified atom stereocenters. The molecule has 0 aliphatic carbocycles. The van der Waals surface area contributed by atoms with E-state index in [9.17, 15) is 4.79 Å². The zero-order valence-electron chi connectivity index (χ0n) is 7.50. The zero-order valence-corrected chi connectivity index (χ0v) is 7.50. The molecule has 1 atom stereocenters. The number of hydrogen-bond donors (Lipinski definition) is 1. The Hall–Kier alpha value is -0.870. The van der Waals surface area contributed by atoms with Crippen LogP contribution in [0, 0.1) is 0 Å². The quantitative estimate of drug-likeness (QED) is 0.372. The van der Waals surface area contributed by atoms with Crippen molar-refractivity contribution in [1.82, 2.24) is 0 Å². The Kier molecular flexibility index (Phi) is 5.32. The molecule has 0 bridgehead atoms. The van der Waals surface area contributed by atoms with E-state index in [1.54, 1.807) is 13.8 Å². The molecule has 0 amide bonds. The van der Waals surface area contributed by atoms with Crippen LogP contribution >= 0.6 is 0 Å². The van der Waals surface area contributed by atoms with E-state index >= 15 is 0 Å². The van der Waals surface area contributed by atoms with Crippen molar-refractivity contribution in [2.24, 2.45) is 5.73 Å². The zero-order chi connectivity index (χ0) is 9.56. The molecule has 0 fully saturated rings. The number of hydrogen-bond acceptors (Lipinski definition) is 4. The van der Waals surface area contributed by atoms with Crippen LogP contribution in [0.15, 0.2) is 12.2 Å². The summed E-state index contributed by atoms with van der Waals surface area (Å²) in [6, 6.07) is 0. The first-order valence-electron chi connectivity index (χ1n) is 3.80. The minimum absolute atomic E-state index is 0.160. The third-order valence-electron chi connectivity index (χ3n) is 1.13. The molecule has 0 rings (SSSR count). The highest BCUT2D eigenvalue weighted by atomic mass is 16.7. The fraction of sp³-hybridized carbons (Fsp3) is 0.625. The minimum atomic E-state index is -0.654. The fourth-order valence-electron chi connectivity index (χ4n) is 0.556. The Morgan fingerprint density at radius 3 is 2.58 bits per heavy atom. The average molecular weight is 173 g/mol. The summed E-state index contributed by atoms with van der Waals surface area (Å²) in [6.07, 6.45) is -0.654. The third kappa shape index (κ3) is 4.10. The second-order valence-corrected chi connectivity index (χ2v) is 2.31. The lowest BCUT2D eigenvalue weighted by molar-refractivity contribution is -0.170. The number of ether oxygens (including phenoxy) is 2. The smallest absolute Gasteiger partial charge is 0.335 e. The van der Waals surface area contributed by atoms with Crippen molar-refractivity contribution in [3.63, 3.8) is 0 Å². The molecule has 0 radical (unpaired) electrons. The molecule has 0 spiro atoms. The highest BCUT2D eigenvalue weighted by Gasteiger charge is 2.12. The Morgan fingerprint density at radius 2 is 2.25 bits per heavy atom. The van der Waals surface area contributed by atoms with Gasteiger partial charge in [0.2, 0.25) is 6.29 Å². The maximum atomic E-state index is 10.9. The van der Waals surface area contributed by atoms with Crippen LogP contribution in [0.2, 0.25) is 0 Å². The van der Waals surface area contributed by atoms with Gasteiger partial charge in [0.25, 0.3) is 0 Å². The first-order chi connectivity index (χ1) is 5.61. The summed E-state index contributed by atoms with van der Waals surface area (Å²) in [6.45, 7) is 7.43. The van der Waals surface area contributed by atoms with Crippen LogP contribution in [0.4, 0.5) is 0 Å². The summed E-state index contributed by atoms with van der Waals surface area (Å²) < 4.78 is 9.82. The summed E-state index contributed by atoms with van der Waals surface area (Å²) >= 11 is 0. The van der Waals surface area contributed by atoms with Crippen molar-refractivity contribution in [2.45, 2.75) is 20.1 Å². The molecule has 0 saturated heterocycles. The molecule has 70 valence electrons. The molecule has 0 aliphatic heterocycles. The van der Waals surface area contributed by atoms with Crippen LogP contribution in [0.5, 0.6) is 0 Å². The lowest BCUT2D eigenvalue weighted by Crippen LogP contribution is -2.29. The Balaban J connectivity index is 3.85. The molecule has 0 aliphatic rings. The Labute approximate surface area is 72.3 Å². The largest absolute Gasteiger partial charge is 0.431 e. The molecule has 2 N–H and O–H groups in total. The number of carbonyl (C=O) groups is 1. The van der Waals surface area contributed by atoms with Gasteiger partial charge in [-0.3, -0.25) is 0 Å². The maximum absolute atomic E-state index is 10.9. The Morgan fingerprint density at radius 1 is 1.67 bits per heavy atom. The van der Waals surface area contributed by atoms with E-state index in [-0.39, 0.29) is 6.54 Å². The van der Waals surface area contributed by atoms with Gasteiger partial charge in [0.15, 0.2) is 0 Å². The highest BCUT2D eigenvalue weighted by Crippen LogP contribution is 1.98. The van der Waals surface area contributed by atoms with Crippen molar-refractivity contribution < 1.29 is 14.3 Å². The number of nitrogens with two attached hydrogens (primary N) is 1. The molecule has 0 aromatic rings. The fourth-order valence-corrected chi connectivity index (χ4v) is 0.556. The topological polar surface area (TPSA) is 61.5 Å². The average Bonchev–Trinajstić information content (AvgIpc) is 2.03. The summed E-state index contributed by atoms with van der Waals surface area (Å²) in [5, 5.41) is 0. The molecule has 12 heavy (non-hydrogen) atoms. The molecule has 0 aromatic heterocycles. The monoisotopic (exact) mass is 173 g/mol. The van der Waals surface area contributed by atoms with Gasteiger partial charge in [-0.15, -0.1) is 0 Å².